The zero-order chi connectivity index (χ0) is 34.2. The monoisotopic (exact) mass is 669 g/mol. The van der Waals surface area contributed by atoms with E-state index in [1.807, 2.05) is 24.3 Å². The van der Waals surface area contributed by atoms with Gasteiger partial charge < -0.3 is 18.5 Å². The fraction of sp³-hybridized carbons (Fsp3) is 0.0417. The average Bonchev–Trinajstić information content (AvgIpc) is 3.90. The highest BCUT2D eigenvalue weighted by Gasteiger charge is 2.34. The molecule has 0 fully saturated rings. The molecule has 0 N–H and O–H groups in total. The number of benzene rings is 7. The zero-order valence-corrected chi connectivity index (χ0v) is 28.1. The fourth-order valence-corrected chi connectivity index (χ4v) is 8.31. The van der Waals surface area contributed by atoms with Crippen molar-refractivity contribution in [1.82, 2.24) is 0 Å². The SMILES string of the molecule is C1=C(c2ccc3oc4c(N(c5ccccc5)c5ccccc5)cccc4c3c2)C=C2Oc3cccc(-c4cccc5oc6ccccc6c45)c3C2C1. The highest BCUT2D eigenvalue weighted by atomic mass is 16.5. The summed E-state index contributed by atoms with van der Waals surface area (Å²) in [6.45, 7) is 0. The van der Waals surface area contributed by atoms with E-state index >= 15 is 0 Å². The molecule has 246 valence electrons. The van der Waals surface area contributed by atoms with Crippen LogP contribution in [0.5, 0.6) is 5.75 Å². The molecule has 4 nitrogen and oxygen atoms in total. The van der Waals surface area contributed by atoms with E-state index in [4.69, 9.17) is 13.6 Å². The van der Waals surface area contributed by atoms with Crippen molar-refractivity contribution in [2.24, 2.45) is 0 Å². The first-order valence-electron chi connectivity index (χ1n) is 17.8. The van der Waals surface area contributed by atoms with Crippen molar-refractivity contribution in [2.75, 3.05) is 4.90 Å². The Bertz CT molecular complexity index is 2870. The van der Waals surface area contributed by atoms with Crippen molar-refractivity contribution in [3.05, 3.63) is 187 Å². The molecule has 7 aromatic carbocycles. The maximum Gasteiger partial charge on any atom is 0.159 e. The van der Waals surface area contributed by atoms with E-state index in [2.05, 4.69) is 151 Å². The largest absolute Gasteiger partial charge is 0.461 e. The number of hydrogen-bond acceptors (Lipinski definition) is 4. The molecule has 2 aliphatic rings. The molecule has 11 rings (SSSR count). The van der Waals surface area contributed by atoms with Crippen LogP contribution in [0.3, 0.4) is 0 Å². The van der Waals surface area contributed by atoms with Crippen LogP contribution in [0.15, 0.2) is 184 Å². The van der Waals surface area contributed by atoms with E-state index < -0.39 is 0 Å². The van der Waals surface area contributed by atoms with Gasteiger partial charge in [-0.25, -0.2) is 0 Å². The summed E-state index contributed by atoms with van der Waals surface area (Å²) in [5.41, 5.74) is 12.6. The van der Waals surface area contributed by atoms with Crippen LogP contribution in [0, 0.1) is 0 Å². The summed E-state index contributed by atoms with van der Waals surface area (Å²) in [7, 11) is 0. The molecule has 1 aliphatic heterocycles. The predicted molar refractivity (Wildman–Crippen MR) is 212 cm³/mol. The number of fused-ring (bicyclic) bond motifs is 9. The summed E-state index contributed by atoms with van der Waals surface area (Å²) < 4.78 is 19.6. The number of anilines is 3. The van der Waals surface area contributed by atoms with Crippen LogP contribution in [-0.2, 0) is 0 Å². The summed E-state index contributed by atoms with van der Waals surface area (Å²) in [6, 6.07) is 54.9. The van der Waals surface area contributed by atoms with Crippen molar-refractivity contribution in [3.8, 4) is 16.9 Å². The third kappa shape index (κ3) is 4.41. The summed E-state index contributed by atoms with van der Waals surface area (Å²) >= 11 is 0. The first kappa shape index (κ1) is 29.0. The van der Waals surface area contributed by atoms with Crippen molar-refractivity contribution < 1.29 is 13.6 Å². The molecule has 9 aromatic rings. The summed E-state index contributed by atoms with van der Waals surface area (Å²) in [6.07, 6.45) is 5.44. The highest BCUT2D eigenvalue weighted by molar-refractivity contribution is 6.13. The number of furan rings is 2. The van der Waals surface area contributed by atoms with Crippen LogP contribution in [0.4, 0.5) is 17.1 Å². The quantitative estimate of drug-likeness (QED) is 0.183. The third-order valence-electron chi connectivity index (χ3n) is 10.6. The van der Waals surface area contributed by atoms with Gasteiger partial charge in [0.1, 0.15) is 28.3 Å². The molecule has 0 saturated heterocycles. The Morgan fingerprint density at radius 3 is 2.08 bits per heavy atom. The Kier molecular flexibility index (Phi) is 6.34. The van der Waals surface area contributed by atoms with Gasteiger partial charge in [-0.1, -0.05) is 103 Å². The number of nitrogens with zero attached hydrogens (tertiary/aromatic N) is 1. The second-order valence-electron chi connectivity index (χ2n) is 13.6. The number of para-hydroxylation sites is 4. The lowest BCUT2D eigenvalue weighted by Crippen LogP contribution is -2.09. The summed E-state index contributed by atoms with van der Waals surface area (Å²) in [5, 5.41) is 4.46. The number of allylic oxidation sites excluding steroid dienone is 4. The lowest BCUT2D eigenvalue weighted by atomic mass is 9.83. The van der Waals surface area contributed by atoms with E-state index in [1.165, 1.54) is 16.7 Å². The minimum absolute atomic E-state index is 0.145. The van der Waals surface area contributed by atoms with Crippen molar-refractivity contribution in [3.63, 3.8) is 0 Å². The molecule has 0 saturated carbocycles. The molecule has 0 radical (unpaired) electrons. The number of hydrogen-bond donors (Lipinski definition) is 0. The second-order valence-corrected chi connectivity index (χ2v) is 13.6. The highest BCUT2D eigenvalue weighted by Crippen LogP contribution is 2.52. The van der Waals surface area contributed by atoms with Gasteiger partial charge in [0.15, 0.2) is 5.58 Å². The molecule has 2 aromatic heterocycles. The average molecular weight is 670 g/mol. The van der Waals surface area contributed by atoms with Crippen LogP contribution >= 0.6 is 0 Å². The van der Waals surface area contributed by atoms with Gasteiger partial charge in [0.25, 0.3) is 0 Å². The predicted octanol–water partition coefficient (Wildman–Crippen LogP) is 13.5. The Balaban J connectivity index is 0.978. The van der Waals surface area contributed by atoms with Crippen LogP contribution in [-0.4, -0.2) is 0 Å². The van der Waals surface area contributed by atoms with E-state index in [0.29, 0.717) is 0 Å². The topological polar surface area (TPSA) is 38.8 Å². The Morgan fingerprint density at radius 1 is 0.538 bits per heavy atom. The van der Waals surface area contributed by atoms with E-state index in [1.54, 1.807) is 0 Å². The maximum absolute atomic E-state index is 6.66. The van der Waals surface area contributed by atoms with Gasteiger partial charge in [-0.15, -0.1) is 0 Å². The van der Waals surface area contributed by atoms with E-state index in [9.17, 15) is 0 Å². The molecule has 3 heterocycles. The molecule has 0 bridgehead atoms. The van der Waals surface area contributed by atoms with Crippen LogP contribution in [0.25, 0.3) is 60.6 Å². The molecule has 0 amide bonds. The van der Waals surface area contributed by atoms with Gasteiger partial charge in [0.05, 0.1) is 5.69 Å². The van der Waals surface area contributed by atoms with Crippen molar-refractivity contribution in [2.45, 2.75) is 12.3 Å². The van der Waals surface area contributed by atoms with Gasteiger partial charge in [-0.05, 0) is 95.4 Å². The van der Waals surface area contributed by atoms with Crippen LogP contribution < -0.4 is 9.64 Å². The van der Waals surface area contributed by atoms with Gasteiger partial charge in [-0.3, -0.25) is 0 Å². The Hall–Kier alpha value is -6.78. The molecule has 1 unspecified atom stereocenters. The lowest BCUT2D eigenvalue weighted by molar-refractivity contribution is 0.426. The molecule has 0 spiro atoms. The standard InChI is InChI=1S/C48H31NO3/c1-3-12-32(13-4-1)49(33-14-5-2-6-15-33)40-20-9-19-36-39-28-30(25-27-42(39)52-48(36)40)31-24-26-38-45(29-31)51-44-23-11-18-35(47(38)44)34-17-10-22-43-46(34)37-16-7-8-21-41(37)50-43/h1-25,27-29,38H,26H2. The molecular formula is C48H31NO3. The number of ether oxygens (including phenoxy) is 1. The maximum atomic E-state index is 6.66. The molecule has 4 heteroatoms. The van der Waals surface area contributed by atoms with Gasteiger partial charge in [-0.2, -0.15) is 0 Å². The van der Waals surface area contributed by atoms with Crippen molar-refractivity contribution in [1.29, 1.82) is 0 Å². The number of rotatable bonds is 5. The fourth-order valence-electron chi connectivity index (χ4n) is 8.31. The molecule has 1 atom stereocenters. The first-order valence-corrected chi connectivity index (χ1v) is 17.8. The van der Waals surface area contributed by atoms with E-state index in [-0.39, 0.29) is 5.92 Å². The molecule has 52 heavy (non-hydrogen) atoms. The molecular weight excluding hydrogens is 639 g/mol. The first-order chi connectivity index (χ1) is 25.8. The van der Waals surface area contributed by atoms with Gasteiger partial charge >= 0.3 is 0 Å². The van der Waals surface area contributed by atoms with Crippen LogP contribution in [0.2, 0.25) is 0 Å². The van der Waals surface area contributed by atoms with Gasteiger partial charge in [0, 0.05) is 44.4 Å². The Labute approximate surface area is 300 Å². The lowest BCUT2D eigenvalue weighted by Gasteiger charge is -2.25. The van der Waals surface area contributed by atoms with Crippen LogP contribution in [0.1, 0.15) is 23.5 Å². The summed E-state index contributed by atoms with van der Waals surface area (Å²) in [4.78, 5) is 2.26. The minimum Gasteiger partial charge on any atom is -0.461 e. The van der Waals surface area contributed by atoms with E-state index in [0.717, 1.165) is 90.0 Å². The van der Waals surface area contributed by atoms with Crippen molar-refractivity contribution >= 4 is 66.5 Å². The normalized spacial score (nSPS) is 15.0. The minimum atomic E-state index is 0.145. The van der Waals surface area contributed by atoms with Gasteiger partial charge in [0.2, 0.25) is 0 Å². The smallest absolute Gasteiger partial charge is 0.159 e. The Morgan fingerprint density at radius 2 is 1.23 bits per heavy atom. The third-order valence-corrected chi connectivity index (χ3v) is 10.6. The molecule has 1 aliphatic carbocycles. The zero-order valence-electron chi connectivity index (χ0n) is 28.1. The summed E-state index contributed by atoms with van der Waals surface area (Å²) in [5.74, 6) is 2.06. The second kappa shape index (κ2) is 11.4.